The summed E-state index contributed by atoms with van der Waals surface area (Å²) in [5, 5.41) is 2.58. The molecule has 0 spiro atoms. The van der Waals surface area contributed by atoms with Crippen molar-refractivity contribution in [3.63, 3.8) is 0 Å². The molecule has 0 bridgehead atoms. The Morgan fingerprint density at radius 2 is 2.33 bits per heavy atom. The third kappa shape index (κ3) is 2.10. The van der Waals surface area contributed by atoms with Crippen LogP contribution in [0, 0.1) is 3.57 Å². The molecule has 1 amide bonds. The molecule has 0 aliphatic heterocycles. The number of carbonyl (C=O) groups is 1. The number of hydrogen-bond acceptors (Lipinski definition) is 2. The van der Waals surface area contributed by atoms with Gasteiger partial charge >= 0.3 is 0 Å². The molecule has 1 rings (SSSR count). The summed E-state index contributed by atoms with van der Waals surface area (Å²) in [6, 6.07) is 5.45. The molecule has 0 fully saturated rings. The number of anilines is 1. The molecule has 1 aromatic rings. The summed E-state index contributed by atoms with van der Waals surface area (Å²) in [6.07, 6.45) is 0.657. The minimum absolute atomic E-state index is 0.657. The van der Waals surface area contributed by atoms with Gasteiger partial charge in [-0.15, -0.1) is 0 Å². The van der Waals surface area contributed by atoms with E-state index in [-0.39, 0.29) is 0 Å². The van der Waals surface area contributed by atoms with Crippen LogP contribution in [-0.2, 0) is 4.79 Å². The predicted molar refractivity (Wildman–Crippen MR) is 55.4 cm³/mol. The van der Waals surface area contributed by atoms with Crippen molar-refractivity contribution >= 4 is 34.7 Å². The summed E-state index contributed by atoms with van der Waals surface area (Å²) in [4.78, 5) is 10.1. The van der Waals surface area contributed by atoms with Gasteiger partial charge < -0.3 is 10.1 Å². The first-order valence-corrected chi connectivity index (χ1v) is 4.39. The Labute approximate surface area is 84.2 Å². The fourth-order valence-corrected chi connectivity index (χ4v) is 1.45. The van der Waals surface area contributed by atoms with Crippen LogP contribution < -0.4 is 10.1 Å². The lowest BCUT2D eigenvalue weighted by molar-refractivity contribution is -0.105. The highest BCUT2D eigenvalue weighted by Crippen LogP contribution is 2.22. The van der Waals surface area contributed by atoms with Crippen LogP contribution in [0.15, 0.2) is 18.2 Å². The highest BCUT2D eigenvalue weighted by atomic mass is 127. The zero-order valence-corrected chi connectivity index (χ0v) is 8.66. The third-order valence-corrected chi connectivity index (χ3v) is 2.28. The Morgan fingerprint density at radius 3 is 2.83 bits per heavy atom. The highest BCUT2D eigenvalue weighted by Gasteiger charge is 1.99. The molecular weight excluding hydrogens is 269 g/mol. The lowest BCUT2D eigenvalue weighted by Gasteiger charge is -2.04. The van der Waals surface area contributed by atoms with Gasteiger partial charge in [0, 0.05) is 3.57 Å². The number of halogens is 1. The van der Waals surface area contributed by atoms with Crippen molar-refractivity contribution in [1.82, 2.24) is 0 Å². The van der Waals surface area contributed by atoms with E-state index in [1.54, 1.807) is 19.2 Å². The minimum atomic E-state index is 0.657. The summed E-state index contributed by atoms with van der Waals surface area (Å²) in [7, 11) is 1.61. The summed E-state index contributed by atoms with van der Waals surface area (Å²) >= 11 is 2.13. The number of amides is 1. The lowest BCUT2D eigenvalue weighted by atomic mass is 10.3. The van der Waals surface area contributed by atoms with Gasteiger partial charge in [-0.05, 0) is 40.8 Å². The number of carbonyl (C=O) groups excluding carboxylic acids is 1. The zero-order valence-electron chi connectivity index (χ0n) is 6.50. The van der Waals surface area contributed by atoms with Crippen LogP contribution in [0.1, 0.15) is 0 Å². The van der Waals surface area contributed by atoms with E-state index in [9.17, 15) is 4.79 Å². The maximum atomic E-state index is 10.1. The monoisotopic (exact) mass is 277 g/mol. The first-order valence-electron chi connectivity index (χ1n) is 3.31. The van der Waals surface area contributed by atoms with Crippen LogP contribution in [0.4, 0.5) is 5.69 Å². The fourth-order valence-electron chi connectivity index (χ4n) is 0.803. The van der Waals surface area contributed by atoms with Gasteiger partial charge in [-0.3, -0.25) is 4.79 Å². The molecule has 0 aliphatic rings. The van der Waals surface area contributed by atoms with Gasteiger partial charge in [-0.2, -0.15) is 0 Å². The summed E-state index contributed by atoms with van der Waals surface area (Å²) < 4.78 is 5.96. The van der Waals surface area contributed by atoms with Gasteiger partial charge in [0.25, 0.3) is 0 Å². The molecule has 0 saturated heterocycles. The van der Waals surface area contributed by atoms with Crippen molar-refractivity contribution in [2.45, 2.75) is 0 Å². The van der Waals surface area contributed by atoms with E-state index >= 15 is 0 Å². The summed E-state index contributed by atoms with van der Waals surface area (Å²) in [6.45, 7) is 0. The van der Waals surface area contributed by atoms with Crippen molar-refractivity contribution in [2.75, 3.05) is 12.4 Å². The average Bonchev–Trinajstić information content (AvgIpc) is 2.09. The number of nitrogens with one attached hydrogen (secondary N) is 1. The van der Waals surface area contributed by atoms with Crippen LogP contribution in [0.5, 0.6) is 5.75 Å². The van der Waals surface area contributed by atoms with E-state index in [0.717, 1.165) is 15.0 Å². The molecule has 12 heavy (non-hydrogen) atoms. The number of rotatable bonds is 3. The summed E-state index contributed by atoms with van der Waals surface area (Å²) in [5.41, 5.74) is 0.798. The maximum Gasteiger partial charge on any atom is 0.211 e. The molecule has 0 radical (unpaired) electrons. The van der Waals surface area contributed by atoms with Gasteiger partial charge in [0.1, 0.15) is 5.75 Å². The van der Waals surface area contributed by atoms with Crippen LogP contribution in [0.3, 0.4) is 0 Å². The Balaban J connectivity index is 2.94. The molecule has 0 heterocycles. The first-order chi connectivity index (χ1) is 5.77. The number of methoxy groups -OCH3 is 1. The second-order valence-electron chi connectivity index (χ2n) is 2.11. The van der Waals surface area contributed by atoms with E-state index in [0.29, 0.717) is 6.41 Å². The quantitative estimate of drug-likeness (QED) is 0.676. The second kappa shape index (κ2) is 4.30. The van der Waals surface area contributed by atoms with Gasteiger partial charge in [0.2, 0.25) is 6.41 Å². The van der Waals surface area contributed by atoms with Crippen LogP contribution >= 0.6 is 22.6 Å². The first kappa shape index (κ1) is 9.31. The number of ether oxygens (including phenoxy) is 1. The Bertz CT molecular complexity index is 288. The molecule has 1 N–H and O–H groups in total. The predicted octanol–water partition coefficient (Wildman–Crippen LogP) is 1.87. The van der Waals surface area contributed by atoms with Crippen molar-refractivity contribution < 1.29 is 9.53 Å². The van der Waals surface area contributed by atoms with Crippen molar-refractivity contribution in [2.24, 2.45) is 0 Å². The SMILES string of the molecule is COc1ccc(NC=O)c(I)c1. The van der Waals surface area contributed by atoms with Crippen molar-refractivity contribution in [3.8, 4) is 5.75 Å². The van der Waals surface area contributed by atoms with Gasteiger partial charge in [-0.1, -0.05) is 0 Å². The smallest absolute Gasteiger partial charge is 0.211 e. The molecule has 0 aliphatic carbocycles. The molecule has 1 aromatic carbocycles. The number of benzene rings is 1. The molecule has 0 saturated carbocycles. The van der Waals surface area contributed by atoms with E-state index < -0.39 is 0 Å². The standard InChI is InChI=1S/C8H8INO2/c1-12-6-2-3-8(10-5-11)7(9)4-6/h2-5H,1H3,(H,10,11). The summed E-state index contributed by atoms with van der Waals surface area (Å²) in [5.74, 6) is 0.788. The van der Waals surface area contributed by atoms with E-state index in [2.05, 4.69) is 27.9 Å². The third-order valence-electron chi connectivity index (χ3n) is 1.39. The van der Waals surface area contributed by atoms with E-state index in [1.807, 2.05) is 6.07 Å². The van der Waals surface area contributed by atoms with E-state index in [4.69, 9.17) is 4.74 Å². The Hall–Kier alpha value is -0.780. The van der Waals surface area contributed by atoms with Gasteiger partial charge in [-0.25, -0.2) is 0 Å². The molecule has 0 unspecified atom stereocenters. The molecule has 0 aromatic heterocycles. The van der Waals surface area contributed by atoms with E-state index in [1.165, 1.54) is 0 Å². The Kier molecular flexibility index (Phi) is 3.33. The zero-order chi connectivity index (χ0) is 8.97. The molecule has 3 nitrogen and oxygen atoms in total. The minimum Gasteiger partial charge on any atom is -0.497 e. The molecule has 64 valence electrons. The van der Waals surface area contributed by atoms with Crippen molar-refractivity contribution in [1.29, 1.82) is 0 Å². The normalized spacial score (nSPS) is 9.17. The lowest BCUT2D eigenvalue weighted by Crippen LogP contribution is -1.96. The topological polar surface area (TPSA) is 38.3 Å². The van der Waals surface area contributed by atoms with Crippen molar-refractivity contribution in [3.05, 3.63) is 21.8 Å². The highest BCUT2D eigenvalue weighted by molar-refractivity contribution is 14.1. The molecule has 0 atom stereocenters. The molecular formula is C8H8INO2. The maximum absolute atomic E-state index is 10.1. The van der Waals surface area contributed by atoms with Crippen LogP contribution in [-0.4, -0.2) is 13.5 Å². The fraction of sp³-hybridized carbons (Fsp3) is 0.125. The second-order valence-corrected chi connectivity index (χ2v) is 3.27. The van der Waals surface area contributed by atoms with Gasteiger partial charge in [0.05, 0.1) is 12.8 Å². The molecule has 4 heteroatoms. The van der Waals surface area contributed by atoms with Gasteiger partial charge in [0.15, 0.2) is 0 Å². The Morgan fingerprint density at radius 1 is 1.58 bits per heavy atom. The van der Waals surface area contributed by atoms with Crippen LogP contribution in [0.2, 0.25) is 0 Å². The van der Waals surface area contributed by atoms with Crippen LogP contribution in [0.25, 0.3) is 0 Å². The number of hydrogen-bond donors (Lipinski definition) is 1. The average molecular weight is 277 g/mol. The largest absolute Gasteiger partial charge is 0.497 e.